The van der Waals surface area contributed by atoms with Gasteiger partial charge in [0.25, 0.3) is 0 Å². The van der Waals surface area contributed by atoms with Crippen molar-refractivity contribution in [2.24, 2.45) is 0 Å². The number of carbonyl (C=O) groups is 1. The van der Waals surface area contributed by atoms with Crippen LogP contribution in [0.4, 0.5) is 5.69 Å². The molecule has 1 aromatic heterocycles. The molecule has 0 bridgehead atoms. The molecular formula is C23H20N2O3S2. The number of aromatic nitrogens is 1. The van der Waals surface area contributed by atoms with E-state index < -0.39 is 9.84 Å². The third-order valence-electron chi connectivity index (χ3n) is 4.70. The molecule has 5 nitrogen and oxygen atoms in total. The fourth-order valence-corrected chi connectivity index (χ4v) is 5.31. The van der Waals surface area contributed by atoms with E-state index in [-0.39, 0.29) is 23.0 Å². The Morgan fingerprint density at radius 2 is 1.67 bits per heavy atom. The minimum absolute atomic E-state index is 0.121. The van der Waals surface area contributed by atoms with E-state index in [9.17, 15) is 13.2 Å². The summed E-state index contributed by atoms with van der Waals surface area (Å²) in [6.07, 6.45) is -0.121. The van der Waals surface area contributed by atoms with Crippen molar-refractivity contribution in [1.82, 2.24) is 4.98 Å². The van der Waals surface area contributed by atoms with Crippen molar-refractivity contribution in [1.29, 1.82) is 0 Å². The second kappa shape index (κ2) is 8.38. The minimum atomic E-state index is -3.52. The lowest BCUT2D eigenvalue weighted by Gasteiger charge is -2.10. The molecule has 0 spiro atoms. The molecule has 4 aromatic rings. The lowest BCUT2D eigenvalue weighted by atomic mass is 10.2. The zero-order valence-corrected chi connectivity index (χ0v) is 18.0. The van der Waals surface area contributed by atoms with E-state index in [4.69, 9.17) is 0 Å². The first-order valence-electron chi connectivity index (χ1n) is 9.47. The molecule has 0 atom stereocenters. The SMILES string of the molecule is Cc1ccc(S(=O)(=O)CCC(=O)Nc2ccccc2-c2nc3ccccc3s2)cc1. The summed E-state index contributed by atoms with van der Waals surface area (Å²) >= 11 is 1.55. The number of carbonyl (C=O) groups excluding carboxylic acids is 1. The quantitative estimate of drug-likeness (QED) is 0.458. The van der Waals surface area contributed by atoms with Crippen molar-refractivity contribution in [3.8, 4) is 10.6 Å². The van der Waals surface area contributed by atoms with Crippen LogP contribution >= 0.6 is 11.3 Å². The van der Waals surface area contributed by atoms with Crippen molar-refractivity contribution < 1.29 is 13.2 Å². The van der Waals surface area contributed by atoms with Crippen LogP contribution in [0.2, 0.25) is 0 Å². The van der Waals surface area contributed by atoms with Gasteiger partial charge in [-0.3, -0.25) is 4.79 Å². The highest BCUT2D eigenvalue weighted by molar-refractivity contribution is 7.91. The van der Waals surface area contributed by atoms with Crippen LogP contribution in [0, 0.1) is 6.92 Å². The summed E-state index contributed by atoms with van der Waals surface area (Å²) in [5.41, 5.74) is 3.32. The maximum Gasteiger partial charge on any atom is 0.225 e. The number of hydrogen-bond donors (Lipinski definition) is 1. The predicted octanol–water partition coefficient (Wildman–Crippen LogP) is 5.07. The summed E-state index contributed by atoms with van der Waals surface area (Å²) in [5, 5.41) is 3.65. The molecule has 0 aliphatic rings. The van der Waals surface area contributed by atoms with Crippen LogP contribution in [0.1, 0.15) is 12.0 Å². The number of thiazole rings is 1. The molecule has 7 heteroatoms. The summed E-state index contributed by atoms with van der Waals surface area (Å²) in [5.74, 6) is -0.593. The first-order valence-corrected chi connectivity index (χ1v) is 11.9. The van der Waals surface area contributed by atoms with Gasteiger partial charge in [0.15, 0.2) is 9.84 Å². The van der Waals surface area contributed by atoms with Gasteiger partial charge < -0.3 is 5.32 Å². The molecule has 1 amide bonds. The van der Waals surface area contributed by atoms with E-state index in [1.54, 1.807) is 41.7 Å². The molecular weight excluding hydrogens is 416 g/mol. The Hall–Kier alpha value is -3.03. The first kappa shape index (κ1) is 20.3. The number of aryl methyl sites for hydroxylation is 1. The molecule has 0 saturated carbocycles. The Morgan fingerprint density at radius 3 is 2.43 bits per heavy atom. The van der Waals surface area contributed by atoms with Gasteiger partial charge in [0.05, 0.1) is 26.6 Å². The highest BCUT2D eigenvalue weighted by Crippen LogP contribution is 2.34. The van der Waals surface area contributed by atoms with Crippen LogP contribution < -0.4 is 5.32 Å². The molecule has 0 radical (unpaired) electrons. The smallest absolute Gasteiger partial charge is 0.225 e. The molecule has 0 aliphatic carbocycles. The number of anilines is 1. The van der Waals surface area contributed by atoms with Gasteiger partial charge in [-0.1, -0.05) is 42.0 Å². The largest absolute Gasteiger partial charge is 0.325 e. The van der Waals surface area contributed by atoms with Crippen LogP contribution in [-0.4, -0.2) is 25.1 Å². The number of hydrogen-bond acceptors (Lipinski definition) is 5. The second-order valence-electron chi connectivity index (χ2n) is 6.96. The summed E-state index contributed by atoms with van der Waals surface area (Å²) in [6, 6.07) is 21.9. The number of rotatable bonds is 6. The lowest BCUT2D eigenvalue weighted by molar-refractivity contribution is -0.115. The molecule has 4 rings (SSSR count). The second-order valence-corrected chi connectivity index (χ2v) is 10.1. The number of nitrogens with zero attached hydrogens (tertiary/aromatic N) is 1. The Labute approximate surface area is 179 Å². The predicted molar refractivity (Wildman–Crippen MR) is 122 cm³/mol. The van der Waals surface area contributed by atoms with Crippen molar-refractivity contribution >= 4 is 43.0 Å². The number of sulfone groups is 1. The standard InChI is InChI=1S/C23H20N2O3S2/c1-16-10-12-17(13-11-16)30(27,28)15-14-22(26)24-19-7-3-2-6-18(19)23-25-20-8-4-5-9-21(20)29-23/h2-13H,14-15H2,1H3,(H,24,26). The highest BCUT2D eigenvalue weighted by Gasteiger charge is 2.18. The third kappa shape index (κ3) is 4.42. The molecule has 30 heavy (non-hydrogen) atoms. The summed E-state index contributed by atoms with van der Waals surface area (Å²) < 4.78 is 26.1. The van der Waals surface area contributed by atoms with E-state index in [1.165, 1.54) is 0 Å². The van der Waals surface area contributed by atoms with Crippen LogP contribution in [0.15, 0.2) is 77.7 Å². The fraction of sp³-hybridized carbons (Fsp3) is 0.130. The number of benzene rings is 3. The molecule has 152 valence electrons. The Bertz CT molecular complexity index is 1280. The van der Waals surface area contributed by atoms with E-state index in [2.05, 4.69) is 10.3 Å². The summed E-state index contributed by atoms with van der Waals surface area (Å²) in [7, 11) is -3.52. The molecule has 0 saturated heterocycles. The zero-order chi connectivity index (χ0) is 21.1. The van der Waals surface area contributed by atoms with Crippen LogP contribution in [-0.2, 0) is 14.6 Å². The fourth-order valence-electron chi connectivity index (χ4n) is 3.07. The molecule has 0 aliphatic heterocycles. The van der Waals surface area contributed by atoms with E-state index >= 15 is 0 Å². The maximum absolute atomic E-state index is 12.5. The molecule has 1 heterocycles. The van der Waals surface area contributed by atoms with Crippen molar-refractivity contribution in [2.45, 2.75) is 18.2 Å². The van der Waals surface area contributed by atoms with Gasteiger partial charge in [-0.2, -0.15) is 0 Å². The van der Waals surface area contributed by atoms with Gasteiger partial charge in [0.1, 0.15) is 5.01 Å². The Balaban J connectivity index is 1.49. The zero-order valence-electron chi connectivity index (χ0n) is 16.3. The summed E-state index contributed by atoms with van der Waals surface area (Å²) in [4.78, 5) is 17.4. The maximum atomic E-state index is 12.5. The van der Waals surface area contributed by atoms with Crippen molar-refractivity contribution in [3.63, 3.8) is 0 Å². The van der Waals surface area contributed by atoms with E-state index in [0.717, 1.165) is 26.4 Å². The van der Waals surface area contributed by atoms with Gasteiger partial charge in [0.2, 0.25) is 5.91 Å². The normalized spacial score (nSPS) is 11.5. The van der Waals surface area contributed by atoms with Gasteiger partial charge in [-0.25, -0.2) is 13.4 Å². The topological polar surface area (TPSA) is 76.1 Å². The van der Waals surface area contributed by atoms with Gasteiger partial charge in [0, 0.05) is 12.0 Å². The van der Waals surface area contributed by atoms with E-state index in [0.29, 0.717) is 5.69 Å². The number of amides is 1. The molecule has 0 unspecified atom stereocenters. The minimum Gasteiger partial charge on any atom is -0.325 e. The van der Waals surface area contributed by atoms with Crippen LogP contribution in [0.25, 0.3) is 20.8 Å². The average molecular weight is 437 g/mol. The monoisotopic (exact) mass is 436 g/mol. The summed E-state index contributed by atoms with van der Waals surface area (Å²) in [6.45, 7) is 1.90. The lowest BCUT2D eigenvalue weighted by Crippen LogP contribution is -2.17. The Kier molecular flexibility index (Phi) is 5.65. The highest BCUT2D eigenvalue weighted by atomic mass is 32.2. The number of nitrogens with one attached hydrogen (secondary N) is 1. The average Bonchev–Trinajstić information content (AvgIpc) is 3.17. The van der Waals surface area contributed by atoms with Crippen molar-refractivity contribution in [2.75, 3.05) is 11.1 Å². The molecule has 3 aromatic carbocycles. The molecule has 0 fully saturated rings. The number of para-hydroxylation sites is 2. The van der Waals surface area contributed by atoms with Gasteiger partial charge in [-0.15, -0.1) is 11.3 Å². The number of fused-ring (bicyclic) bond motifs is 1. The van der Waals surface area contributed by atoms with Gasteiger partial charge >= 0.3 is 0 Å². The van der Waals surface area contributed by atoms with E-state index in [1.807, 2.05) is 49.4 Å². The molecule has 1 N–H and O–H groups in total. The van der Waals surface area contributed by atoms with Crippen LogP contribution in [0.3, 0.4) is 0 Å². The third-order valence-corrected chi connectivity index (χ3v) is 7.51. The Morgan fingerprint density at radius 1 is 0.967 bits per heavy atom. The van der Waals surface area contributed by atoms with Crippen LogP contribution in [0.5, 0.6) is 0 Å². The first-order chi connectivity index (χ1) is 14.4. The van der Waals surface area contributed by atoms with Crippen molar-refractivity contribution in [3.05, 3.63) is 78.4 Å². The van der Waals surface area contributed by atoms with Gasteiger partial charge in [-0.05, 0) is 43.3 Å².